The molecule has 1 saturated heterocycles. The largest absolute Gasteiger partial charge is 0.493 e. The van der Waals surface area contributed by atoms with Crippen molar-refractivity contribution in [1.82, 2.24) is 15.1 Å². The Balaban J connectivity index is 1.25. The predicted molar refractivity (Wildman–Crippen MR) is 125 cm³/mol. The Bertz CT molecular complexity index is 1040. The number of halogens is 1. The van der Waals surface area contributed by atoms with Crippen molar-refractivity contribution in [2.45, 2.75) is 32.4 Å². The van der Waals surface area contributed by atoms with Crippen LogP contribution >= 0.6 is 11.6 Å². The SMILES string of the molecule is O=C1CN2Cc3c(cccc3OCCCCC(=O)N(CCO)Cc3ccc(Cl)cc3)N=C2N1. The molecular formula is C24H27ClN4O4. The van der Waals surface area contributed by atoms with E-state index >= 15 is 0 Å². The molecule has 33 heavy (non-hydrogen) atoms. The van der Waals surface area contributed by atoms with E-state index in [4.69, 9.17) is 16.3 Å². The monoisotopic (exact) mass is 470 g/mol. The summed E-state index contributed by atoms with van der Waals surface area (Å²) >= 11 is 5.93. The summed E-state index contributed by atoms with van der Waals surface area (Å²) in [5.74, 6) is 1.30. The number of nitrogens with zero attached hydrogens (tertiary/aromatic N) is 3. The number of rotatable bonds is 10. The molecule has 0 atom stereocenters. The van der Waals surface area contributed by atoms with Crippen molar-refractivity contribution < 1.29 is 19.4 Å². The van der Waals surface area contributed by atoms with E-state index in [0.717, 1.165) is 29.0 Å². The van der Waals surface area contributed by atoms with Crippen LogP contribution in [0, 0.1) is 0 Å². The molecule has 2 heterocycles. The number of amides is 2. The lowest BCUT2D eigenvalue weighted by Crippen LogP contribution is -2.33. The summed E-state index contributed by atoms with van der Waals surface area (Å²) in [6, 6.07) is 13.1. The first-order valence-corrected chi connectivity index (χ1v) is 11.4. The van der Waals surface area contributed by atoms with Gasteiger partial charge in [-0.1, -0.05) is 29.8 Å². The third-order valence-corrected chi connectivity index (χ3v) is 5.87. The number of fused-ring (bicyclic) bond motifs is 2. The Morgan fingerprint density at radius 1 is 1.18 bits per heavy atom. The van der Waals surface area contributed by atoms with E-state index in [9.17, 15) is 14.7 Å². The molecular weight excluding hydrogens is 444 g/mol. The van der Waals surface area contributed by atoms with E-state index in [1.807, 2.05) is 35.2 Å². The highest BCUT2D eigenvalue weighted by Gasteiger charge is 2.30. The molecule has 0 bridgehead atoms. The fourth-order valence-corrected chi connectivity index (χ4v) is 4.05. The second kappa shape index (κ2) is 10.7. The first-order chi connectivity index (χ1) is 16.0. The minimum Gasteiger partial charge on any atom is -0.493 e. The second-order valence-electron chi connectivity index (χ2n) is 8.06. The van der Waals surface area contributed by atoms with Crippen molar-refractivity contribution in [2.75, 3.05) is 26.3 Å². The maximum absolute atomic E-state index is 12.7. The summed E-state index contributed by atoms with van der Waals surface area (Å²) in [6.07, 6.45) is 1.80. The molecule has 2 N–H and O–H groups in total. The van der Waals surface area contributed by atoms with Gasteiger partial charge in [0.15, 0.2) is 0 Å². The average Bonchev–Trinajstić information content (AvgIpc) is 3.17. The summed E-state index contributed by atoms with van der Waals surface area (Å²) in [7, 11) is 0. The molecule has 2 amide bonds. The Labute approximate surface area is 197 Å². The third-order valence-electron chi connectivity index (χ3n) is 5.62. The van der Waals surface area contributed by atoms with Gasteiger partial charge < -0.3 is 19.6 Å². The van der Waals surface area contributed by atoms with E-state index in [-0.39, 0.29) is 18.4 Å². The molecule has 1 fully saturated rings. The number of carbonyl (C=O) groups excluding carboxylic acids is 2. The zero-order valence-corrected chi connectivity index (χ0v) is 19.1. The lowest BCUT2D eigenvalue weighted by atomic mass is 10.1. The molecule has 0 spiro atoms. The van der Waals surface area contributed by atoms with Gasteiger partial charge in [-0.2, -0.15) is 0 Å². The molecule has 9 heteroatoms. The number of aliphatic hydroxyl groups excluding tert-OH is 1. The van der Waals surface area contributed by atoms with Crippen LogP contribution in [0.25, 0.3) is 0 Å². The van der Waals surface area contributed by atoms with Crippen LogP contribution in [0.2, 0.25) is 5.02 Å². The van der Waals surface area contributed by atoms with E-state index in [0.29, 0.717) is 56.6 Å². The first-order valence-electron chi connectivity index (χ1n) is 11.0. The van der Waals surface area contributed by atoms with Crippen LogP contribution in [-0.4, -0.2) is 59.0 Å². The summed E-state index contributed by atoms with van der Waals surface area (Å²) in [5.41, 5.74) is 2.74. The summed E-state index contributed by atoms with van der Waals surface area (Å²) < 4.78 is 6.00. The van der Waals surface area contributed by atoms with Gasteiger partial charge in [-0.3, -0.25) is 14.9 Å². The van der Waals surface area contributed by atoms with Crippen LogP contribution in [0.3, 0.4) is 0 Å². The highest BCUT2D eigenvalue weighted by molar-refractivity contribution is 6.30. The Hall–Kier alpha value is -3.10. The van der Waals surface area contributed by atoms with Gasteiger partial charge in [0, 0.05) is 30.1 Å². The zero-order chi connectivity index (χ0) is 23.2. The maximum atomic E-state index is 12.7. The predicted octanol–water partition coefficient (Wildman–Crippen LogP) is 2.84. The minimum absolute atomic E-state index is 0.00385. The average molecular weight is 471 g/mol. The lowest BCUT2D eigenvalue weighted by Gasteiger charge is -2.24. The zero-order valence-electron chi connectivity index (χ0n) is 18.3. The molecule has 8 nitrogen and oxygen atoms in total. The molecule has 0 aliphatic carbocycles. The van der Waals surface area contributed by atoms with E-state index in [1.54, 1.807) is 17.0 Å². The molecule has 2 aromatic rings. The van der Waals surface area contributed by atoms with Crippen LogP contribution in [0.1, 0.15) is 30.4 Å². The normalized spacial score (nSPS) is 14.3. The number of hydrogen-bond acceptors (Lipinski definition) is 6. The highest BCUT2D eigenvalue weighted by atomic mass is 35.5. The number of hydrogen-bond donors (Lipinski definition) is 2. The highest BCUT2D eigenvalue weighted by Crippen LogP contribution is 2.34. The molecule has 174 valence electrons. The van der Waals surface area contributed by atoms with Crippen molar-refractivity contribution >= 4 is 35.1 Å². The first kappa shape index (κ1) is 23.1. The van der Waals surface area contributed by atoms with Gasteiger partial charge >= 0.3 is 0 Å². The van der Waals surface area contributed by atoms with Gasteiger partial charge in [0.2, 0.25) is 17.8 Å². The van der Waals surface area contributed by atoms with Crippen LogP contribution in [0.4, 0.5) is 5.69 Å². The number of ether oxygens (including phenoxy) is 1. The molecule has 0 unspecified atom stereocenters. The Morgan fingerprint density at radius 2 is 2.00 bits per heavy atom. The van der Waals surface area contributed by atoms with Gasteiger partial charge in [-0.15, -0.1) is 0 Å². The molecule has 4 rings (SSSR count). The Morgan fingerprint density at radius 3 is 2.79 bits per heavy atom. The molecule has 0 aromatic heterocycles. The van der Waals surface area contributed by atoms with Crippen molar-refractivity contribution in [3.63, 3.8) is 0 Å². The van der Waals surface area contributed by atoms with Crippen LogP contribution in [0.15, 0.2) is 47.5 Å². The number of unbranched alkanes of at least 4 members (excludes halogenated alkanes) is 1. The van der Waals surface area contributed by atoms with Gasteiger partial charge in [-0.25, -0.2) is 4.99 Å². The molecule has 0 saturated carbocycles. The number of benzene rings is 2. The summed E-state index contributed by atoms with van der Waals surface area (Å²) in [4.78, 5) is 32.4. The van der Waals surface area contributed by atoms with Crippen molar-refractivity contribution in [3.05, 3.63) is 58.6 Å². The van der Waals surface area contributed by atoms with Crippen molar-refractivity contribution in [3.8, 4) is 5.75 Å². The fraction of sp³-hybridized carbons (Fsp3) is 0.375. The van der Waals surface area contributed by atoms with Gasteiger partial charge in [0.05, 0.1) is 25.4 Å². The summed E-state index contributed by atoms with van der Waals surface area (Å²) in [5, 5.41) is 12.8. The summed E-state index contributed by atoms with van der Waals surface area (Å²) in [6.45, 7) is 2.01. The smallest absolute Gasteiger partial charge is 0.246 e. The third kappa shape index (κ3) is 5.83. The number of carbonyl (C=O) groups is 2. The minimum atomic E-state index is -0.0795. The molecule has 2 aliphatic heterocycles. The molecule has 2 aromatic carbocycles. The maximum Gasteiger partial charge on any atom is 0.246 e. The number of aliphatic hydroxyl groups is 1. The van der Waals surface area contributed by atoms with Crippen LogP contribution in [-0.2, 0) is 22.7 Å². The molecule has 2 aliphatic rings. The van der Waals surface area contributed by atoms with Crippen LogP contribution in [0.5, 0.6) is 5.75 Å². The Kier molecular flexibility index (Phi) is 7.47. The lowest BCUT2D eigenvalue weighted by molar-refractivity contribution is -0.132. The second-order valence-corrected chi connectivity index (χ2v) is 8.50. The van der Waals surface area contributed by atoms with Crippen LogP contribution < -0.4 is 10.1 Å². The van der Waals surface area contributed by atoms with E-state index < -0.39 is 0 Å². The van der Waals surface area contributed by atoms with Gasteiger partial charge in [0.25, 0.3) is 0 Å². The number of nitrogens with one attached hydrogen (secondary N) is 1. The quantitative estimate of drug-likeness (QED) is 0.521. The standard InChI is InChI=1S/C24H27ClN4O4/c25-18-9-7-17(8-10-18)14-28(11-12-30)23(32)6-1-2-13-33-21-5-3-4-20-19(21)15-29-16-22(31)27-24(29)26-20/h3-5,7-10,30H,1-2,6,11-16H2,(H,26,27,31). The van der Waals surface area contributed by atoms with Gasteiger partial charge in [0.1, 0.15) is 12.3 Å². The fourth-order valence-electron chi connectivity index (χ4n) is 3.92. The van der Waals surface area contributed by atoms with Gasteiger partial charge in [-0.05, 0) is 42.7 Å². The van der Waals surface area contributed by atoms with E-state index in [2.05, 4.69) is 10.3 Å². The van der Waals surface area contributed by atoms with Crippen molar-refractivity contribution in [1.29, 1.82) is 0 Å². The van der Waals surface area contributed by atoms with Crippen molar-refractivity contribution in [2.24, 2.45) is 4.99 Å². The number of aliphatic imine (C=N–C) groups is 1. The number of guanidine groups is 1. The molecule has 0 radical (unpaired) electrons. The topological polar surface area (TPSA) is 94.5 Å². The van der Waals surface area contributed by atoms with E-state index in [1.165, 1.54) is 0 Å².